The number of ether oxygens (including phenoxy) is 1. The van der Waals surface area contributed by atoms with Crippen LogP contribution < -0.4 is 29.6 Å². The van der Waals surface area contributed by atoms with Crippen molar-refractivity contribution in [2.45, 2.75) is 5.25 Å². The molecule has 0 heterocycles. The monoisotopic (exact) mass is 340 g/mol. The van der Waals surface area contributed by atoms with E-state index in [1.807, 2.05) is 0 Å². The predicted octanol–water partition coefficient (Wildman–Crippen LogP) is -0.406. The van der Waals surface area contributed by atoms with Crippen molar-refractivity contribution in [1.29, 1.82) is 0 Å². The second-order valence-corrected chi connectivity index (χ2v) is 5.76. The smallest absolute Gasteiger partial charge is 1.00 e. The average molecular weight is 340 g/mol. The molecule has 0 aliphatic heterocycles. The Morgan fingerprint density at radius 3 is 2.41 bits per heavy atom. The molecule has 0 aromatic heterocycles. The molecule has 2 rings (SSSR count). The van der Waals surface area contributed by atoms with Crippen LogP contribution in [-0.4, -0.2) is 30.8 Å². The summed E-state index contributed by atoms with van der Waals surface area (Å²) >= 11 is 0. The molecule has 0 atom stereocenters. The van der Waals surface area contributed by atoms with Gasteiger partial charge in [-0.1, -0.05) is 36.4 Å². The largest absolute Gasteiger partial charge is 1.00 e. The number of rotatable bonds is 4. The number of fused-ring (bicyclic) bond motifs is 1. The van der Waals surface area contributed by atoms with E-state index in [1.54, 1.807) is 36.4 Å². The van der Waals surface area contributed by atoms with Crippen molar-refractivity contribution in [3.05, 3.63) is 48.0 Å². The first-order valence-electron chi connectivity index (χ1n) is 5.72. The van der Waals surface area contributed by atoms with Crippen molar-refractivity contribution in [1.82, 2.24) is 0 Å². The molecule has 0 bridgehead atoms. The molecule has 1 N–H and O–H groups in total. The van der Waals surface area contributed by atoms with Gasteiger partial charge < -0.3 is 6.16 Å². The number of carbonyl (C=O) groups is 1. The van der Waals surface area contributed by atoms with Gasteiger partial charge in [0.1, 0.15) is 0 Å². The zero-order chi connectivity index (χ0) is 15.7. The minimum atomic E-state index is -5.63. The standard InChI is InChI=1S/C13H10F2O5S.Na.H/c14-13(15,21(17,18)19)8-20-12(16)11-7-3-5-9-4-1-2-6-10(9)11;;/h1-7H,8H2,(H,17,18,19);;/q;+1;-1. The number of carbonyl (C=O) groups excluding carboxylic acids is 1. The average Bonchev–Trinajstić information content (AvgIpc) is 2.43. The minimum absolute atomic E-state index is 0. The molecule has 0 fully saturated rings. The first-order valence-corrected chi connectivity index (χ1v) is 7.16. The van der Waals surface area contributed by atoms with Crippen molar-refractivity contribution >= 4 is 26.9 Å². The van der Waals surface area contributed by atoms with E-state index in [2.05, 4.69) is 4.74 Å². The minimum Gasteiger partial charge on any atom is -1.00 e. The van der Waals surface area contributed by atoms with Gasteiger partial charge in [-0.2, -0.15) is 17.2 Å². The molecule has 2 aromatic carbocycles. The van der Waals surface area contributed by atoms with Crippen LogP contribution in [0.1, 0.15) is 11.8 Å². The van der Waals surface area contributed by atoms with E-state index < -0.39 is 27.9 Å². The zero-order valence-electron chi connectivity index (χ0n) is 12.5. The number of benzene rings is 2. The van der Waals surface area contributed by atoms with Gasteiger partial charge in [-0.3, -0.25) is 4.55 Å². The van der Waals surface area contributed by atoms with Crippen molar-refractivity contribution in [2.24, 2.45) is 0 Å². The van der Waals surface area contributed by atoms with E-state index in [9.17, 15) is 22.0 Å². The Hall–Kier alpha value is -1.06. The maximum atomic E-state index is 13.0. The van der Waals surface area contributed by atoms with Crippen molar-refractivity contribution in [3.8, 4) is 0 Å². The van der Waals surface area contributed by atoms with Crippen LogP contribution >= 0.6 is 0 Å². The SMILES string of the molecule is O=C(OCC(F)(F)S(=O)(=O)O)c1cccc2ccccc12.[H-].[Na+]. The van der Waals surface area contributed by atoms with E-state index in [4.69, 9.17) is 4.55 Å². The van der Waals surface area contributed by atoms with E-state index in [1.165, 1.54) is 6.07 Å². The molecule has 0 aliphatic carbocycles. The van der Waals surface area contributed by atoms with Crippen LogP contribution in [0, 0.1) is 0 Å². The Bertz CT molecular complexity index is 793. The third kappa shape index (κ3) is 4.02. The number of halogens is 2. The number of alkyl halides is 2. The van der Waals surface area contributed by atoms with Gasteiger partial charge in [-0.15, -0.1) is 0 Å². The van der Waals surface area contributed by atoms with Crippen LogP contribution in [0.5, 0.6) is 0 Å². The van der Waals surface area contributed by atoms with Gasteiger partial charge in [0, 0.05) is 0 Å². The van der Waals surface area contributed by atoms with Crippen molar-refractivity contribution < 1.29 is 62.3 Å². The van der Waals surface area contributed by atoms with Gasteiger partial charge in [0.15, 0.2) is 6.61 Å². The second kappa shape index (κ2) is 7.01. The molecule has 0 aliphatic rings. The maximum absolute atomic E-state index is 13.0. The van der Waals surface area contributed by atoms with Gasteiger partial charge in [0.25, 0.3) is 0 Å². The Balaban J connectivity index is 0.00000242. The molecule has 0 spiro atoms. The normalized spacial score (nSPS) is 11.8. The van der Waals surface area contributed by atoms with E-state index >= 15 is 0 Å². The summed E-state index contributed by atoms with van der Waals surface area (Å²) in [6.45, 7) is -1.76. The van der Waals surface area contributed by atoms with Crippen LogP contribution in [0.4, 0.5) is 8.78 Å². The van der Waals surface area contributed by atoms with Crippen LogP contribution in [-0.2, 0) is 14.9 Å². The molecular weight excluding hydrogens is 329 g/mol. The summed E-state index contributed by atoms with van der Waals surface area (Å²) in [5, 5.41) is -3.36. The Labute approximate surface area is 148 Å². The van der Waals surface area contributed by atoms with Gasteiger partial charge >= 0.3 is 50.9 Å². The van der Waals surface area contributed by atoms with Crippen molar-refractivity contribution in [3.63, 3.8) is 0 Å². The van der Waals surface area contributed by atoms with Gasteiger partial charge in [-0.25, -0.2) is 4.79 Å². The number of hydrogen-bond acceptors (Lipinski definition) is 4. The van der Waals surface area contributed by atoms with Crippen molar-refractivity contribution in [2.75, 3.05) is 6.61 Å². The fourth-order valence-corrected chi connectivity index (χ4v) is 1.91. The number of esters is 1. The van der Waals surface area contributed by atoms with E-state index in [-0.39, 0.29) is 36.5 Å². The molecular formula is C13H11F2NaO5S. The molecule has 22 heavy (non-hydrogen) atoms. The first kappa shape index (κ1) is 19.0. The van der Waals surface area contributed by atoms with Crippen LogP contribution in [0.15, 0.2) is 42.5 Å². The topological polar surface area (TPSA) is 80.7 Å². The third-order valence-electron chi connectivity index (χ3n) is 2.76. The molecule has 5 nitrogen and oxygen atoms in total. The van der Waals surface area contributed by atoms with Crippen LogP contribution in [0.2, 0.25) is 0 Å². The summed E-state index contributed by atoms with van der Waals surface area (Å²) in [6.07, 6.45) is 0. The molecule has 2 aromatic rings. The summed E-state index contributed by atoms with van der Waals surface area (Å²) in [7, 11) is -5.63. The molecule has 0 amide bonds. The summed E-state index contributed by atoms with van der Waals surface area (Å²) in [5.74, 6) is -1.10. The molecule has 0 radical (unpaired) electrons. The maximum Gasteiger partial charge on any atom is 1.00 e. The Kier molecular flexibility index (Phi) is 6.05. The third-order valence-corrected chi connectivity index (χ3v) is 3.63. The summed E-state index contributed by atoms with van der Waals surface area (Å²) in [6, 6.07) is 11.4. The second-order valence-electron chi connectivity index (χ2n) is 4.22. The van der Waals surface area contributed by atoms with Gasteiger partial charge in [0.05, 0.1) is 5.56 Å². The molecule has 0 saturated carbocycles. The number of hydrogen-bond donors (Lipinski definition) is 1. The fourth-order valence-electron chi connectivity index (χ4n) is 1.71. The summed E-state index contributed by atoms with van der Waals surface area (Å²) < 4.78 is 59.5. The fraction of sp³-hybridized carbons (Fsp3) is 0.154. The molecule has 114 valence electrons. The van der Waals surface area contributed by atoms with Gasteiger partial charge in [0.2, 0.25) is 0 Å². The van der Waals surface area contributed by atoms with E-state index in [0.717, 1.165) is 0 Å². The van der Waals surface area contributed by atoms with Crippen LogP contribution in [0.25, 0.3) is 10.8 Å². The Morgan fingerprint density at radius 2 is 1.77 bits per heavy atom. The quantitative estimate of drug-likeness (QED) is 0.465. The first-order chi connectivity index (χ1) is 9.72. The molecule has 9 heteroatoms. The zero-order valence-corrected chi connectivity index (χ0v) is 14.3. The van der Waals surface area contributed by atoms with Crippen LogP contribution in [0.3, 0.4) is 0 Å². The summed E-state index contributed by atoms with van der Waals surface area (Å²) in [4.78, 5) is 11.8. The van der Waals surface area contributed by atoms with Gasteiger partial charge in [-0.05, 0) is 16.8 Å². The molecule has 0 unspecified atom stereocenters. The Morgan fingerprint density at radius 1 is 1.18 bits per heavy atom. The van der Waals surface area contributed by atoms with E-state index in [0.29, 0.717) is 10.8 Å². The molecule has 0 saturated heterocycles. The summed E-state index contributed by atoms with van der Waals surface area (Å²) in [5.41, 5.74) is 0.0271. The predicted molar refractivity (Wildman–Crippen MR) is 71.8 cm³/mol.